The van der Waals surface area contributed by atoms with Crippen molar-refractivity contribution < 1.29 is 4.74 Å². The van der Waals surface area contributed by atoms with Crippen molar-refractivity contribution in [3.05, 3.63) is 18.1 Å². The van der Waals surface area contributed by atoms with E-state index in [0.717, 1.165) is 5.69 Å². The lowest BCUT2D eigenvalue weighted by Crippen LogP contribution is -2.13. The fourth-order valence-corrected chi connectivity index (χ4v) is 1.16. The van der Waals surface area contributed by atoms with E-state index in [1.165, 1.54) is 6.33 Å². The van der Waals surface area contributed by atoms with E-state index in [1.54, 1.807) is 10.6 Å². The second kappa shape index (κ2) is 4.90. The highest BCUT2D eigenvalue weighted by Gasteiger charge is 2.05. The van der Waals surface area contributed by atoms with Crippen LogP contribution < -0.4 is 10.5 Å². The number of nitrogens with zero attached hydrogens (tertiary/aromatic N) is 4. The fraction of sp³-hybridized carbons (Fsp3) is 0.375. The van der Waals surface area contributed by atoms with Crippen LogP contribution in [0.1, 0.15) is 5.69 Å². The molecule has 0 aliphatic carbocycles. The van der Waals surface area contributed by atoms with E-state index in [0.29, 0.717) is 24.8 Å². The monoisotopic (exact) mass is 229 g/mol. The van der Waals surface area contributed by atoms with Crippen molar-refractivity contribution in [3.8, 4) is 5.88 Å². The van der Waals surface area contributed by atoms with Gasteiger partial charge in [-0.15, -0.1) is 12.4 Å². The summed E-state index contributed by atoms with van der Waals surface area (Å²) in [4.78, 5) is 8.16. The fourth-order valence-electron chi connectivity index (χ4n) is 1.16. The molecule has 0 aromatic carbocycles. The molecule has 15 heavy (non-hydrogen) atoms. The van der Waals surface area contributed by atoms with Gasteiger partial charge in [0.25, 0.3) is 5.78 Å². The minimum atomic E-state index is 0. The van der Waals surface area contributed by atoms with Crippen LogP contribution in [-0.4, -0.2) is 32.7 Å². The van der Waals surface area contributed by atoms with Crippen LogP contribution in [0.25, 0.3) is 5.78 Å². The number of rotatable bonds is 3. The number of hydrogen-bond acceptors (Lipinski definition) is 5. The van der Waals surface area contributed by atoms with Gasteiger partial charge >= 0.3 is 0 Å². The van der Waals surface area contributed by atoms with Gasteiger partial charge in [0.2, 0.25) is 5.88 Å². The maximum atomic E-state index is 5.40. The summed E-state index contributed by atoms with van der Waals surface area (Å²) in [6.07, 6.45) is 1.44. The lowest BCUT2D eigenvalue weighted by molar-refractivity contribution is 0.306. The molecule has 0 amide bonds. The molecule has 2 aromatic rings. The third-order valence-corrected chi connectivity index (χ3v) is 1.72. The second-order valence-electron chi connectivity index (χ2n) is 2.84. The molecular formula is C8H12ClN5O. The number of ether oxygens (including phenoxy) is 1. The van der Waals surface area contributed by atoms with E-state index in [9.17, 15) is 0 Å². The van der Waals surface area contributed by atoms with Crippen molar-refractivity contribution in [3.63, 3.8) is 0 Å². The molecule has 0 saturated carbocycles. The van der Waals surface area contributed by atoms with Crippen molar-refractivity contribution in [2.45, 2.75) is 6.92 Å². The minimum absolute atomic E-state index is 0. The molecule has 0 fully saturated rings. The first-order valence-corrected chi connectivity index (χ1v) is 4.31. The largest absolute Gasteiger partial charge is 0.476 e. The van der Waals surface area contributed by atoms with Crippen LogP contribution in [0.4, 0.5) is 0 Å². The zero-order chi connectivity index (χ0) is 9.97. The maximum Gasteiger partial charge on any atom is 0.255 e. The summed E-state index contributed by atoms with van der Waals surface area (Å²) in [5, 5.41) is 3.99. The quantitative estimate of drug-likeness (QED) is 0.813. The smallest absolute Gasteiger partial charge is 0.255 e. The van der Waals surface area contributed by atoms with E-state index < -0.39 is 0 Å². The number of fused-ring (bicyclic) bond motifs is 1. The van der Waals surface area contributed by atoms with Gasteiger partial charge in [0.1, 0.15) is 12.9 Å². The van der Waals surface area contributed by atoms with Crippen LogP contribution >= 0.6 is 12.4 Å². The maximum absolute atomic E-state index is 5.40. The van der Waals surface area contributed by atoms with E-state index in [-0.39, 0.29) is 12.4 Å². The summed E-state index contributed by atoms with van der Waals surface area (Å²) in [6.45, 7) is 2.81. The molecule has 2 N–H and O–H groups in total. The van der Waals surface area contributed by atoms with E-state index in [1.807, 2.05) is 6.92 Å². The van der Waals surface area contributed by atoms with Gasteiger partial charge in [0.15, 0.2) is 0 Å². The van der Waals surface area contributed by atoms with Gasteiger partial charge < -0.3 is 10.5 Å². The Morgan fingerprint density at radius 2 is 2.33 bits per heavy atom. The van der Waals surface area contributed by atoms with Crippen molar-refractivity contribution in [1.29, 1.82) is 0 Å². The number of aromatic nitrogens is 4. The Bertz CT molecular complexity index is 444. The SMILES string of the molecule is Cc1cc(OCCN)n2ncnc2n1.Cl. The topological polar surface area (TPSA) is 78.3 Å². The zero-order valence-electron chi connectivity index (χ0n) is 8.25. The molecule has 0 aliphatic heterocycles. The first kappa shape index (κ1) is 11.7. The van der Waals surface area contributed by atoms with Gasteiger partial charge in [-0.3, -0.25) is 0 Å². The molecule has 0 bridgehead atoms. The lowest BCUT2D eigenvalue weighted by atomic mass is 10.4. The van der Waals surface area contributed by atoms with Gasteiger partial charge in [-0.2, -0.15) is 14.6 Å². The molecule has 0 unspecified atom stereocenters. The number of halogens is 1. The van der Waals surface area contributed by atoms with Crippen LogP contribution in [0.15, 0.2) is 12.4 Å². The van der Waals surface area contributed by atoms with Gasteiger partial charge in [-0.25, -0.2) is 4.98 Å². The van der Waals surface area contributed by atoms with Crippen LogP contribution in [0.3, 0.4) is 0 Å². The molecule has 0 saturated heterocycles. The van der Waals surface area contributed by atoms with Crippen LogP contribution in [0, 0.1) is 6.92 Å². The van der Waals surface area contributed by atoms with Crippen LogP contribution in [0.5, 0.6) is 5.88 Å². The predicted octanol–water partition coefficient (Wildman–Crippen LogP) is 0.192. The first-order chi connectivity index (χ1) is 6.81. The second-order valence-corrected chi connectivity index (χ2v) is 2.84. The third kappa shape index (κ3) is 2.34. The average molecular weight is 230 g/mol. The summed E-state index contributed by atoms with van der Waals surface area (Å²) >= 11 is 0. The highest BCUT2D eigenvalue weighted by atomic mass is 35.5. The normalized spacial score (nSPS) is 10.0. The predicted molar refractivity (Wildman–Crippen MR) is 57.3 cm³/mol. The summed E-state index contributed by atoms with van der Waals surface area (Å²) in [7, 11) is 0. The molecule has 82 valence electrons. The number of nitrogens with two attached hydrogens (primary N) is 1. The molecule has 2 heterocycles. The first-order valence-electron chi connectivity index (χ1n) is 4.31. The third-order valence-electron chi connectivity index (χ3n) is 1.72. The number of hydrogen-bond donors (Lipinski definition) is 1. The molecule has 0 spiro atoms. The molecule has 0 aliphatic rings. The molecule has 2 rings (SSSR count). The molecule has 2 aromatic heterocycles. The van der Waals surface area contributed by atoms with Crippen molar-refractivity contribution in [2.75, 3.05) is 13.2 Å². The summed E-state index contributed by atoms with van der Waals surface area (Å²) in [6, 6.07) is 1.80. The highest BCUT2D eigenvalue weighted by molar-refractivity contribution is 5.85. The average Bonchev–Trinajstić information content (AvgIpc) is 2.61. The van der Waals surface area contributed by atoms with Crippen LogP contribution in [-0.2, 0) is 0 Å². The summed E-state index contributed by atoms with van der Waals surface area (Å²) < 4.78 is 6.95. The van der Waals surface area contributed by atoms with Crippen LogP contribution in [0.2, 0.25) is 0 Å². The zero-order valence-corrected chi connectivity index (χ0v) is 9.07. The van der Waals surface area contributed by atoms with Gasteiger partial charge in [-0.05, 0) is 6.92 Å². The lowest BCUT2D eigenvalue weighted by Gasteiger charge is -2.05. The Hall–Kier alpha value is -1.40. The van der Waals surface area contributed by atoms with E-state index in [2.05, 4.69) is 15.1 Å². The Labute approximate surface area is 92.9 Å². The van der Waals surface area contributed by atoms with E-state index in [4.69, 9.17) is 10.5 Å². The van der Waals surface area contributed by atoms with Gasteiger partial charge in [-0.1, -0.05) is 0 Å². The molecule has 0 atom stereocenters. The van der Waals surface area contributed by atoms with Crippen molar-refractivity contribution >= 4 is 18.2 Å². The Morgan fingerprint density at radius 1 is 1.53 bits per heavy atom. The molecule has 0 radical (unpaired) electrons. The van der Waals surface area contributed by atoms with Gasteiger partial charge in [0.05, 0.1) is 0 Å². The minimum Gasteiger partial charge on any atom is -0.476 e. The highest BCUT2D eigenvalue weighted by Crippen LogP contribution is 2.11. The molecule has 6 nitrogen and oxygen atoms in total. The van der Waals surface area contributed by atoms with Crippen molar-refractivity contribution in [1.82, 2.24) is 19.6 Å². The Morgan fingerprint density at radius 3 is 3.07 bits per heavy atom. The summed E-state index contributed by atoms with van der Waals surface area (Å²) in [5.74, 6) is 1.16. The molecule has 7 heteroatoms. The van der Waals surface area contributed by atoms with Gasteiger partial charge in [0, 0.05) is 18.3 Å². The summed E-state index contributed by atoms with van der Waals surface area (Å²) in [5.41, 5.74) is 6.19. The van der Waals surface area contributed by atoms with Crippen molar-refractivity contribution in [2.24, 2.45) is 5.73 Å². The molecular weight excluding hydrogens is 218 g/mol. The van der Waals surface area contributed by atoms with E-state index >= 15 is 0 Å². The standard InChI is InChI=1S/C8H11N5O.ClH/c1-6-4-7(14-3-2-9)13-8(12-6)10-5-11-13;/h4-5H,2-3,9H2,1H3;1H. The Balaban J connectivity index is 0.00000112. The number of aryl methyl sites for hydroxylation is 1. The Kier molecular flexibility index (Phi) is 3.81.